The van der Waals surface area contributed by atoms with Gasteiger partial charge in [0, 0.05) is 44.4 Å². The highest BCUT2D eigenvalue weighted by molar-refractivity contribution is 6.01. The molecule has 2 atom stereocenters. The van der Waals surface area contributed by atoms with Gasteiger partial charge in [0.2, 0.25) is 0 Å². The molecule has 1 aromatic rings. The summed E-state index contributed by atoms with van der Waals surface area (Å²) in [5.41, 5.74) is 1.71. The minimum absolute atomic E-state index is 0.122. The van der Waals surface area contributed by atoms with E-state index in [0.29, 0.717) is 12.5 Å². The summed E-state index contributed by atoms with van der Waals surface area (Å²) < 4.78 is 11.2. The zero-order valence-corrected chi connectivity index (χ0v) is 14.4. The Morgan fingerprint density at radius 2 is 2.04 bits per heavy atom. The van der Waals surface area contributed by atoms with Crippen molar-refractivity contribution in [1.82, 2.24) is 4.90 Å². The van der Waals surface area contributed by atoms with Gasteiger partial charge in [-0.3, -0.25) is 9.69 Å². The highest BCUT2D eigenvalue weighted by atomic mass is 16.5. The molecular formula is C19H26N2O3. The normalized spacial score (nSPS) is 30.5. The topological polar surface area (TPSA) is 42.0 Å². The van der Waals surface area contributed by atoms with Crippen molar-refractivity contribution in [2.45, 2.75) is 31.3 Å². The molecule has 2 saturated heterocycles. The van der Waals surface area contributed by atoms with Crippen LogP contribution in [0, 0.1) is 0 Å². The third-order valence-electron chi connectivity index (χ3n) is 5.57. The molecule has 24 heavy (non-hydrogen) atoms. The van der Waals surface area contributed by atoms with Crippen LogP contribution in [0.15, 0.2) is 24.3 Å². The fourth-order valence-corrected chi connectivity index (χ4v) is 4.17. The molecule has 4 rings (SSSR count). The van der Waals surface area contributed by atoms with E-state index in [0.717, 1.165) is 57.9 Å². The van der Waals surface area contributed by atoms with Crippen molar-refractivity contribution in [3.8, 4) is 0 Å². The number of ether oxygens (including phenoxy) is 2. The molecule has 5 heteroatoms. The Bertz CT molecular complexity index is 606. The lowest BCUT2D eigenvalue weighted by Crippen LogP contribution is -2.47. The van der Waals surface area contributed by atoms with Gasteiger partial charge in [-0.25, -0.2) is 0 Å². The third kappa shape index (κ3) is 2.85. The summed E-state index contributed by atoms with van der Waals surface area (Å²) >= 11 is 0. The fourth-order valence-electron chi connectivity index (χ4n) is 4.17. The summed E-state index contributed by atoms with van der Waals surface area (Å²) in [6.45, 7) is 7.96. The number of carbonyl (C=O) groups excluding carboxylic acids is 1. The van der Waals surface area contributed by atoms with Gasteiger partial charge >= 0.3 is 0 Å². The Labute approximate surface area is 143 Å². The zero-order chi connectivity index (χ0) is 16.6. The van der Waals surface area contributed by atoms with E-state index < -0.39 is 5.60 Å². The number of hydrogen-bond donors (Lipinski definition) is 0. The van der Waals surface area contributed by atoms with Crippen molar-refractivity contribution >= 4 is 11.6 Å². The molecule has 0 aromatic heterocycles. The molecule has 0 radical (unpaired) electrons. The zero-order valence-electron chi connectivity index (χ0n) is 14.4. The average Bonchev–Trinajstić information content (AvgIpc) is 3.21. The maximum atomic E-state index is 13.1. The fraction of sp³-hybridized carbons (Fsp3) is 0.632. The maximum Gasteiger partial charge on any atom is 0.258 e. The molecular weight excluding hydrogens is 304 g/mol. The smallest absolute Gasteiger partial charge is 0.258 e. The van der Waals surface area contributed by atoms with Gasteiger partial charge in [-0.2, -0.15) is 0 Å². The maximum absolute atomic E-state index is 13.1. The molecule has 0 spiro atoms. The molecule has 0 unspecified atom stereocenters. The Hall–Kier alpha value is -1.43. The number of rotatable bonds is 3. The number of morpholine rings is 1. The lowest BCUT2D eigenvalue weighted by atomic mass is 10.0. The van der Waals surface area contributed by atoms with Gasteiger partial charge in [-0.1, -0.05) is 18.2 Å². The summed E-state index contributed by atoms with van der Waals surface area (Å²) in [5, 5.41) is 0. The number of para-hydroxylation sites is 1. The van der Waals surface area contributed by atoms with Crippen LogP contribution in [0.3, 0.4) is 0 Å². The number of carbonyl (C=O) groups is 1. The first-order valence-electron chi connectivity index (χ1n) is 9.02. The first-order valence-corrected chi connectivity index (χ1v) is 9.02. The van der Waals surface area contributed by atoms with E-state index in [1.54, 1.807) is 0 Å². The first kappa shape index (κ1) is 16.1. The van der Waals surface area contributed by atoms with Crippen molar-refractivity contribution in [3.63, 3.8) is 0 Å². The third-order valence-corrected chi connectivity index (χ3v) is 5.57. The molecule has 3 aliphatic heterocycles. The summed E-state index contributed by atoms with van der Waals surface area (Å²) in [7, 11) is 0. The Balaban J connectivity index is 1.55. The van der Waals surface area contributed by atoms with Crippen LogP contribution in [-0.4, -0.2) is 62.4 Å². The van der Waals surface area contributed by atoms with Crippen LogP contribution in [0.5, 0.6) is 0 Å². The molecule has 3 heterocycles. The van der Waals surface area contributed by atoms with E-state index in [4.69, 9.17) is 9.47 Å². The summed E-state index contributed by atoms with van der Waals surface area (Å²) in [4.78, 5) is 17.6. The molecule has 1 amide bonds. The molecule has 0 N–H and O–H groups in total. The lowest BCUT2D eigenvalue weighted by Gasteiger charge is -2.30. The predicted octanol–water partition coefficient (Wildman–Crippen LogP) is 2.02. The van der Waals surface area contributed by atoms with Crippen LogP contribution < -0.4 is 4.90 Å². The summed E-state index contributed by atoms with van der Waals surface area (Å²) in [6, 6.07) is 8.34. The van der Waals surface area contributed by atoms with Crippen LogP contribution in [0.4, 0.5) is 5.69 Å². The number of amides is 1. The van der Waals surface area contributed by atoms with Crippen molar-refractivity contribution in [1.29, 1.82) is 0 Å². The highest BCUT2D eigenvalue weighted by Gasteiger charge is 2.44. The Morgan fingerprint density at radius 3 is 2.79 bits per heavy atom. The number of nitrogens with zero attached hydrogens (tertiary/aromatic N) is 2. The SMILES string of the molecule is C[C@@]1(C(=O)N2C[C@@H](CN3CCOCC3)c3ccccc32)CCCO1. The Morgan fingerprint density at radius 1 is 1.25 bits per heavy atom. The van der Waals surface area contributed by atoms with Crippen molar-refractivity contribution < 1.29 is 14.3 Å². The standard InChI is InChI=1S/C19H26N2O3/c1-19(7-4-10-24-19)18(22)21-14-15(13-20-8-11-23-12-9-20)16-5-2-3-6-17(16)21/h2-3,5-6,15H,4,7-14H2,1H3/t15-,19+/m1/s1. The summed E-state index contributed by atoms with van der Waals surface area (Å²) in [5.74, 6) is 0.491. The molecule has 0 aliphatic carbocycles. The van der Waals surface area contributed by atoms with E-state index in [-0.39, 0.29) is 5.91 Å². The Kier molecular flexibility index (Phi) is 4.33. The van der Waals surface area contributed by atoms with Gasteiger partial charge in [-0.05, 0) is 31.4 Å². The van der Waals surface area contributed by atoms with Gasteiger partial charge in [0.25, 0.3) is 5.91 Å². The van der Waals surface area contributed by atoms with Crippen molar-refractivity contribution in [2.75, 3.05) is 50.9 Å². The van der Waals surface area contributed by atoms with Crippen LogP contribution in [-0.2, 0) is 14.3 Å². The van der Waals surface area contributed by atoms with E-state index in [1.165, 1.54) is 5.56 Å². The van der Waals surface area contributed by atoms with E-state index in [9.17, 15) is 4.79 Å². The van der Waals surface area contributed by atoms with Crippen LogP contribution in [0.1, 0.15) is 31.2 Å². The van der Waals surface area contributed by atoms with Gasteiger partial charge in [-0.15, -0.1) is 0 Å². The van der Waals surface area contributed by atoms with Crippen LogP contribution in [0.25, 0.3) is 0 Å². The molecule has 0 saturated carbocycles. The molecule has 130 valence electrons. The van der Waals surface area contributed by atoms with Crippen LogP contribution in [0.2, 0.25) is 0 Å². The second kappa shape index (κ2) is 6.47. The second-order valence-electron chi connectivity index (χ2n) is 7.27. The monoisotopic (exact) mass is 330 g/mol. The molecule has 1 aromatic carbocycles. The van der Waals surface area contributed by atoms with Gasteiger partial charge in [0.05, 0.1) is 13.2 Å². The lowest BCUT2D eigenvalue weighted by molar-refractivity contribution is -0.136. The molecule has 2 fully saturated rings. The van der Waals surface area contributed by atoms with E-state index in [2.05, 4.69) is 23.1 Å². The van der Waals surface area contributed by atoms with E-state index in [1.807, 2.05) is 17.9 Å². The number of hydrogen-bond acceptors (Lipinski definition) is 4. The number of benzene rings is 1. The predicted molar refractivity (Wildman–Crippen MR) is 92.4 cm³/mol. The van der Waals surface area contributed by atoms with Gasteiger partial charge in [0.1, 0.15) is 5.60 Å². The molecule has 0 bridgehead atoms. The number of anilines is 1. The molecule has 5 nitrogen and oxygen atoms in total. The minimum atomic E-state index is -0.652. The van der Waals surface area contributed by atoms with Crippen LogP contribution >= 0.6 is 0 Å². The van der Waals surface area contributed by atoms with Crippen molar-refractivity contribution in [2.24, 2.45) is 0 Å². The number of fused-ring (bicyclic) bond motifs is 1. The quantitative estimate of drug-likeness (QED) is 0.850. The second-order valence-corrected chi connectivity index (χ2v) is 7.27. The average molecular weight is 330 g/mol. The minimum Gasteiger partial charge on any atom is -0.379 e. The highest BCUT2D eigenvalue weighted by Crippen LogP contribution is 2.39. The first-order chi connectivity index (χ1) is 11.7. The largest absolute Gasteiger partial charge is 0.379 e. The van der Waals surface area contributed by atoms with Crippen molar-refractivity contribution in [3.05, 3.63) is 29.8 Å². The van der Waals surface area contributed by atoms with Gasteiger partial charge < -0.3 is 14.4 Å². The summed E-state index contributed by atoms with van der Waals surface area (Å²) in [6.07, 6.45) is 1.79. The van der Waals surface area contributed by atoms with E-state index >= 15 is 0 Å². The van der Waals surface area contributed by atoms with Gasteiger partial charge in [0.15, 0.2) is 0 Å². The molecule has 3 aliphatic rings.